The number of carbonyl (C=O) groups is 1. The summed E-state index contributed by atoms with van der Waals surface area (Å²) in [6.07, 6.45) is 0. The number of hydrogen-bond donors (Lipinski definition) is 3. The third kappa shape index (κ3) is 6.33. The molecule has 0 atom stereocenters. The molecule has 0 aromatic heterocycles. The molecular weight excluding hydrogens is 398 g/mol. The van der Waals surface area contributed by atoms with Crippen molar-refractivity contribution in [1.29, 1.82) is 0 Å². The zero-order valence-electron chi connectivity index (χ0n) is 17.5. The number of para-hydroxylation sites is 2. The van der Waals surface area contributed by atoms with Gasteiger partial charge in [-0.3, -0.25) is 4.90 Å². The number of ether oxygens (including phenoxy) is 1. The van der Waals surface area contributed by atoms with Gasteiger partial charge in [0.15, 0.2) is 5.11 Å². The van der Waals surface area contributed by atoms with Gasteiger partial charge in [-0.25, -0.2) is 4.79 Å². The molecule has 1 saturated heterocycles. The van der Waals surface area contributed by atoms with Crippen LogP contribution >= 0.6 is 12.2 Å². The highest BCUT2D eigenvalue weighted by Gasteiger charge is 2.19. The molecule has 3 N–H and O–H groups in total. The Labute approximate surface area is 183 Å². The summed E-state index contributed by atoms with van der Waals surface area (Å²) in [7, 11) is 1.58. The minimum atomic E-state index is -0.235. The van der Waals surface area contributed by atoms with Crippen LogP contribution in [0.25, 0.3) is 0 Å². The Morgan fingerprint density at radius 2 is 1.83 bits per heavy atom. The van der Waals surface area contributed by atoms with Gasteiger partial charge in [-0.2, -0.15) is 0 Å². The van der Waals surface area contributed by atoms with Crippen LogP contribution in [0, 0.1) is 6.92 Å². The molecule has 2 aromatic rings. The predicted molar refractivity (Wildman–Crippen MR) is 125 cm³/mol. The average Bonchev–Trinajstić information content (AvgIpc) is 2.74. The number of carbonyl (C=O) groups excluding carboxylic acids is 1. The second kappa shape index (κ2) is 10.8. The van der Waals surface area contributed by atoms with E-state index in [-0.39, 0.29) is 6.03 Å². The van der Waals surface area contributed by atoms with Crippen LogP contribution in [0.5, 0.6) is 5.75 Å². The molecule has 0 unspecified atom stereocenters. The first-order valence-corrected chi connectivity index (χ1v) is 10.5. The summed E-state index contributed by atoms with van der Waals surface area (Å²) in [5, 5.41) is 9.80. The lowest BCUT2D eigenvalue weighted by Crippen LogP contribution is -2.51. The van der Waals surface area contributed by atoms with Crippen LogP contribution in [0.15, 0.2) is 48.5 Å². The molecule has 3 rings (SSSR count). The highest BCUT2D eigenvalue weighted by molar-refractivity contribution is 7.80. The van der Waals surface area contributed by atoms with E-state index in [1.54, 1.807) is 7.11 Å². The Morgan fingerprint density at radius 3 is 2.57 bits per heavy atom. The monoisotopic (exact) mass is 427 g/mol. The number of piperazine rings is 1. The second-order valence-corrected chi connectivity index (χ2v) is 7.60. The van der Waals surface area contributed by atoms with Crippen molar-refractivity contribution < 1.29 is 9.53 Å². The number of anilines is 2. The molecule has 0 spiro atoms. The lowest BCUT2D eigenvalue weighted by Gasteiger charge is -2.36. The third-order valence-electron chi connectivity index (χ3n) is 5.00. The molecule has 160 valence electrons. The lowest BCUT2D eigenvalue weighted by atomic mass is 10.2. The van der Waals surface area contributed by atoms with Crippen molar-refractivity contribution in [3.05, 3.63) is 54.1 Å². The largest absolute Gasteiger partial charge is 0.495 e. The number of aryl methyl sites for hydroxylation is 1. The summed E-state index contributed by atoms with van der Waals surface area (Å²) in [6.45, 7) is 6.99. The number of rotatable bonds is 6. The fraction of sp³-hybridized carbons (Fsp3) is 0.364. The zero-order chi connectivity index (χ0) is 21.3. The molecular formula is C22H29N5O2S. The Bertz CT molecular complexity index is 868. The minimum absolute atomic E-state index is 0.235. The van der Waals surface area contributed by atoms with Crippen molar-refractivity contribution in [3.63, 3.8) is 0 Å². The number of methoxy groups -OCH3 is 1. The molecule has 0 aliphatic carbocycles. The van der Waals surface area contributed by atoms with E-state index in [0.29, 0.717) is 18.0 Å². The number of thiocarbonyl (C=S) groups is 1. The van der Waals surface area contributed by atoms with Crippen LogP contribution < -0.4 is 20.7 Å². The van der Waals surface area contributed by atoms with E-state index in [9.17, 15) is 4.79 Å². The lowest BCUT2D eigenvalue weighted by molar-refractivity contribution is 0.184. The fourth-order valence-electron chi connectivity index (χ4n) is 3.34. The molecule has 7 nitrogen and oxygen atoms in total. The number of nitrogens with one attached hydrogen (secondary N) is 3. The summed E-state index contributed by atoms with van der Waals surface area (Å²) >= 11 is 5.56. The first kappa shape index (κ1) is 21.9. The van der Waals surface area contributed by atoms with E-state index < -0.39 is 0 Å². The molecule has 2 amide bonds. The van der Waals surface area contributed by atoms with Crippen molar-refractivity contribution >= 4 is 34.7 Å². The average molecular weight is 428 g/mol. The van der Waals surface area contributed by atoms with Crippen molar-refractivity contribution in [2.45, 2.75) is 6.92 Å². The topological polar surface area (TPSA) is 68.9 Å². The van der Waals surface area contributed by atoms with Crippen LogP contribution in [-0.2, 0) is 0 Å². The fourth-order valence-corrected chi connectivity index (χ4v) is 3.64. The quantitative estimate of drug-likeness (QED) is 0.616. The van der Waals surface area contributed by atoms with Crippen LogP contribution in [0.4, 0.5) is 16.2 Å². The second-order valence-electron chi connectivity index (χ2n) is 7.21. The van der Waals surface area contributed by atoms with Crippen molar-refractivity contribution in [3.8, 4) is 5.75 Å². The van der Waals surface area contributed by atoms with Crippen LogP contribution in [0.2, 0.25) is 0 Å². The standard InChI is InChI=1S/C22H29N5O2S/c1-17-6-5-7-18(16-17)24-22(30)27-14-12-26(13-15-27)11-10-23-21(28)25-19-8-3-4-9-20(19)29-2/h3-9,16H,10-15H2,1-2H3,(H,24,30)(H2,23,25,28). The van der Waals surface area contributed by atoms with Crippen molar-refractivity contribution in [2.75, 3.05) is 57.0 Å². The Morgan fingerprint density at radius 1 is 1.07 bits per heavy atom. The maximum atomic E-state index is 12.1. The van der Waals surface area contributed by atoms with E-state index in [1.165, 1.54) is 5.56 Å². The highest BCUT2D eigenvalue weighted by atomic mass is 32.1. The van der Waals surface area contributed by atoms with Gasteiger partial charge >= 0.3 is 6.03 Å². The van der Waals surface area contributed by atoms with Crippen molar-refractivity contribution in [2.24, 2.45) is 0 Å². The third-order valence-corrected chi connectivity index (χ3v) is 5.36. The summed E-state index contributed by atoms with van der Waals surface area (Å²) in [5.74, 6) is 0.638. The number of amides is 2. The van der Waals surface area contributed by atoms with Gasteiger partial charge in [0.25, 0.3) is 0 Å². The van der Waals surface area contributed by atoms with Crippen molar-refractivity contribution in [1.82, 2.24) is 15.1 Å². The number of hydrogen-bond acceptors (Lipinski definition) is 4. The number of benzene rings is 2. The smallest absolute Gasteiger partial charge is 0.319 e. The van der Waals surface area contributed by atoms with E-state index in [2.05, 4.69) is 44.8 Å². The molecule has 2 aromatic carbocycles. The van der Waals surface area contributed by atoms with Gasteiger partial charge in [0.05, 0.1) is 12.8 Å². The molecule has 30 heavy (non-hydrogen) atoms. The molecule has 0 saturated carbocycles. The van der Waals surface area contributed by atoms with Gasteiger partial charge in [0.1, 0.15) is 5.75 Å². The summed E-state index contributed by atoms with van der Waals surface area (Å²) in [6, 6.07) is 15.3. The van der Waals surface area contributed by atoms with E-state index in [1.807, 2.05) is 36.4 Å². The molecule has 0 radical (unpaired) electrons. The molecule has 1 heterocycles. The molecule has 1 aliphatic heterocycles. The number of urea groups is 1. The summed E-state index contributed by atoms with van der Waals surface area (Å²) in [4.78, 5) is 16.7. The highest BCUT2D eigenvalue weighted by Crippen LogP contribution is 2.22. The molecule has 1 aliphatic rings. The van der Waals surface area contributed by atoms with Crippen LogP contribution in [-0.4, -0.2) is 67.3 Å². The van der Waals surface area contributed by atoms with Crippen LogP contribution in [0.3, 0.4) is 0 Å². The van der Waals surface area contributed by atoms with E-state index >= 15 is 0 Å². The molecule has 0 bridgehead atoms. The Kier molecular flexibility index (Phi) is 7.87. The Balaban J connectivity index is 1.35. The summed E-state index contributed by atoms with van der Waals surface area (Å²) < 4.78 is 5.25. The normalized spacial score (nSPS) is 14.1. The maximum Gasteiger partial charge on any atom is 0.319 e. The van der Waals surface area contributed by atoms with E-state index in [0.717, 1.165) is 43.5 Å². The van der Waals surface area contributed by atoms with Crippen LogP contribution in [0.1, 0.15) is 5.56 Å². The molecule has 1 fully saturated rings. The van der Waals surface area contributed by atoms with Gasteiger partial charge in [-0.05, 0) is 49.0 Å². The summed E-state index contributed by atoms with van der Waals surface area (Å²) in [5.41, 5.74) is 2.88. The van der Waals surface area contributed by atoms with Gasteiger partial charge in [-0.15, -0.1) is 0 Å². The zero-order valence-corrected chi connectivity index (χ0v) is 18.3. The molecule has 8 heteroatoms. The maximum absolute atomic E-state index is 12.1. The van der Waals surface area contributed by atoms with Gasteiger partial charge in [0, 0.05) is 45.0 Å². The van der Waals surface area contributed by atoms with Gasteiger partial charge in [0.2, 0.25) is 0 Å². The number of nitrogens with zero attached hydrogens (tertiary/aromatic N) is 2. The minimum Gasteiger partial charge on any atom is -0.495 e. The Hall–Kier alpha value is -2.84. The van der Waals surface area contributed by atoms with E-state index in [4.69, 9.17) is 17.0 Å². The van der Waals surface area contributed by atoms with Gasteiger partial charge in [-0.1, -0.05) is 24.3 Å². The van der Waals surface area contributed by atoms with Gasteiger partial charge < -0.3 is 25.6 Å². The first-order valence-electron chi connectivity index (χ1n) is 10.1. The first-order chi connectivity index (χ1) is 14.5. The predicted octanol–water partition coefficient (Wildman–Crippen LogP) is 3.14. The SMILES string of the molecule is COc1ccccc1NC(=O)NCCN1CCN(C(=S)Nc2cccc(C)c2)CC1.